The molecule has 103 heavy (non-hydrogen) atoms. The minimum Gasteiger partial charge on any atom is -0.390 e. The number of nitrogens with two attached hydrogens (primary N) is 2. The highest BCUT2D eigenvalue weighted by molar-refractivity contribution is 7.47. The average Bonchev–Trinajstić information content (AvgIpc) is 1.82. The average molecular weight is 1470 g/mol. The number of ether oxygens (including phenoxy) is 5. The molecule has 0 radical (unpaired) electrons. The molecule has 2 aromatic carbocycles. The van der Waals surface area contributed by atoms with Crippen LogP contribution in [0.5, 0.6) is 0 Å². The normalized spacial score (nSPS) is 28.9. The highest BCUT2D eigenvalue weighted by Crippen LogP contribution is 2.52. The number of benzene rings is 2. The van der Waals surface area contributed by atoms with Crippen molar-refractivity contribution in [1.82, 2.24) is 54.9 Å². The van der Waals surface area contributed by atoms with Crippen LogP contribution in [0.4, 0.5) is 17.2 Å². The molecule has 544 valence electrons. The molecule has 7 aliphatic rings. The van der Waals surface area contributed by atoms with Crippen LogP contribution in [-0.2, 0) is 65.3 Å². The molecule has 0 spiro atoms. The summed E-state index contributed by atoms with van der Waals surface area (Å²) in [6.45, 7) is -1.72. The SMILES string of the molecule is COCC1OC2CC1OP(=O)(O)OCC1OC3CC1OP(=O)(O)OCC1OC(CC1O)n1cc(c4c(N)ncnc41)C#Cc1ccc(c([N+](=O)[O-])c1)C(C)NC(CN)C(=O)NCC(OC(C)c1ccc(cc1[N+](=O)[O-])C#Cc1cn3c(=O)[nH]c1=O)C(=O)NCC(=O)NCC#Cc1cn2c(=O)[nH]c1=O. The molecule has 15 atom stereocenters. The Morgan fingerprint density at radius 1 is 0.689 bits per heavy atom. The number of hydrogen-bond acceptors (Lipinski definition) is 28. The Kier molecular flexibility index (Phi) is 22.6. The van der Waals surface area contributed by atoms with Crippen molar-refractivity contribution in [3.05, 3.63) is 162 Å². The summed E-state index contributed by atoms with van der Waals surface area (Å²) in [4.78, 5) is 154. The fourth-order valence-corrected chi connectivity index (χ4v) is 13.8. The summed E-state index contributed by atoms with van der Waals surface area (Å²) < 4.78 is 83.1. The van der Waals surface area contributed by atoms with Gasteiger partial charge in [-0.05, 0) is 38.1 Å². The number of phosphoric ester groups is 2. The molecule has 7 aliphatic heterocycles. The maximum Gasteiger partial charge on any atom is 0.472 e. The van der Waals surface area contributed by atoms with E-state index in [9.17, 15) is 77.8 Å². The van der Waals surface area contributed by atoms with E-state index in [-0.39, 0.29) is 63.3 Å². The highest BCUT2D eigenvalue weighted by Gasteiger charge is 2.47. The summed E-state index contributed by atoms with van der Waals surface area (Å²) in [5.41, 5.74) is 6.63. The minimum atomic E-state index is -5.41. The van der Waals surface area contributed by atoms with Crippen LogP contribution in [0.2, 0.25) is 0 Å². The van der Waals surface area contributed by atoms with Crippen molar-refractivity contribution in [2.75, 3.05) is 58.8 Å². The molecule has 13 rings (SSSR count). The van der Waals surface area contributed by atoms with Gasteiger partial charge in [0, 0.05) is 86.4 Å². The molecule has 18 bridgehead atoms. The van der Waals surface area contributed by atoms with Gasteiger partial charge in [0.15, 0.2) is 6.10 Å². The molecular formula is C61H65N15O25P2. The van der Waals surface area contributed by atoms with E-state index in [0.29, 0.717) is 0 Å². The standard InChI is InChI=1S/C61H65N15O25P2/c1-30-37-12-8-32(15-40(37)75(85)86)6-10-34-23-72(55-53(34)54(63)67-29-68-55)50-17-42(77)46(97-50)27-94-102(89,90)101-44-19-52-74-25-36(57(80)71-61(74)84)11-7-33-9-13-38(41(16-33)76(87)88)31(2)96-45(21-65-58(81)39(20-62)69-30)59(82)66-22-49(78)64-14-4-5-35-24-73(60(83)70-56(35)79)51-18-43(47(98-51)26-93-3)100-103(91,92)95-28-48(44)99-52/h8-9,12-13,15-16,23-25,29-31,39,42-48,50-52,69,77H,14,17-22,26-28,62H2,1-3H3,(H,64,78)(H,65,81)(H,66,82)(H,89,90)(H,91,92)(H2,63,67,68)(H,70,79,83)(H,71,80,84). The van der Waals surface area contributed by atoms with Crippen LogP contribution < -0.4 is 55.2 Å². The van der Waals surface area contributed by atoms with E-state index in [0.717, 1.165) is 33.9 Å². The lowest BCUT2D eigenvalue weighted by atomic mass is 10.0. The van der Waals surface area contributed by atoms with Gasteiger partial charge in [0.2, 0.25) is 11.8 Å². The molecule has 0 saturated carbocycles. The number of nitrogens with zero attached hydrogens (tertiary/aromatic N) is 7. The molecule has 42 heteroatoms. The molecule has 6 aromatic rings. The van der Waals surface area contributed by atoms with Gasteiger partial charge in [-0.1, -0.05) is 35.5 Å². The molecular weight excluding hydrogens is 1400 g/mol. The smallest absolute Gasteiger partial charge is 0.390 e. The number of amides is 3. The van der Waals surface area contributed by atoms with Crippen molar-refractivity contribution in [3.8, 4) is 35.5 Å². The summed E-state index contributed by atoms with van der Waals surface area (Å²) in [6, 6.07) is 5.21. The number of nitrogens with one attached hydrogen (secondary N) is 6. The first-order valence-corrected chi connectivity index (χ1v) is 34.4. The number of aromatic nitrogens is 7. The second kappa shape index (κ2) is 31.3. The van der Waals surface area contributed by atoms with E-state index >= 15 is 0 Å². The van der Waals surface area contributed by atoms with Crippen LogP contribution in [0.3, 0.4) is 0 Å². The number of H-pyrrole nitrogens is 2. The molecule has 3 fully saturated rings. The van der Waals surface area contributed by atoms with Gasteiger partial charge in [0.25, 0.3) is 28.4 Å². The topological polar surface area (TPSA) is 556 Å². The van der Waals surface area contributed by atoms with Crippen LogP contribution >= 0.6 is 15.6 Å². The molecule has 4 aromatic heterocycles. The number of nitro benzene ring substituents is 2. The van der Waals surface area contributed by atoms with Gasteiger partial charge in [-0.25, -0.2) is 28.7 Å². The van der Waals surface area contributed by atoms with Gasteiger partial charge in [-0.3, -0.25) is 86.7 Å². The zero-order valence-electron chi connectivity index (χ0n) is 54.4. The lowest BCUT2D eigenvalue weighted by molar-refractivity contribution is -0.386. The summed E-state index contributed by atoms with van der Waals surface area (Å²) in [5.74, 6) is 13.2. The van der Waals surface area contributed by atoms with E-state index in [1.165, 1.54) is 62.1 Å². The maximum atomic E-state index is 14.1. The Bertz CT molecular complexity index is 4910. The highest BCUT2D eigenvalue weighted by atomic mass is 31.2. The third-order valence-corrected chi connectivity index (χ3v) is 19.0. The molecule has 11 heterocycles. The number of fused-ring (bicyclic) bond motifs is 21. The van der Waals surface area contributed by atoms with E-state index in [4.69, 9.17) is 53.2 Å². The number of rotatable bonds is 5. The zero-order valence-corrected chi connectivity index (χ0v) is 56.1. The summed E-state index contributed by atoms with van der Waals surface area (Å²) >= 11 is 0. The summed E-state index contributed by atoms with van der Waals surface area (Å²) in [6.07, 6.45) is -12.8. The number of anilines is 1. The van der Waals surface area contributed by atoms with Gasteiger partial charge in [-0.2, -0.15) is 0 Å². The number of methoxy groups -OCH3 is 1. The van der Waals surface area contributed by atoms with Gasteiger partial charge in [0.05, 0.1) is 84.1 Å². The van der Waals surface area contributed by atoms with Crippen molar-refractivity contribution in [2.45, 2.75) is 113 Å². The Morgan fingerprint density at radius 3 is 1.91 bits per heavy atom. The van der Waals surface area contributed by atoms with Crippen molar-refractivity contribution < 1.29 is 90.0 Å². The van der Waals surface area contributed by atoms with Gasteiger partial charge < -0.3 is 70.6 Å². The first-order valence-electron chi connectivity index (χ1n) is 31.4. The first-order chi connectivity index (χ1) is 49.1. The largest absolute Gasteiger partial charge is 0.472 e. The molecule has 40 nitrogen and oxygen atoms in total. The number of nitrogen functional groups attached to an aromatic ring is 1. The number of hydrogen-bond donors (Lipinski definition) is 11. The Labute approximate surface area is 579 Å². The van der Waals surface area contributed by atoms with E-state index in [2.05, 4.69) is 76.7 Å². The van der Waals surface area contributed by atoms with E-state index in [1.54, 1.807) is 0 Å². The third-order valence-electron chi connectivity index (χ3n) is 16.9. The quantitative estimate of drug-likeness (QED) is 0.0416. The van der Waals surface area contributed by atoms with Crippen LogP contribution in [0, 0.1) is 55.8 Å². The number of aromatic amines is 2. The van der Waals surface area contributed by atoms with E-state index < -0.39 is 214 Å². The number of carbonyl (C=O) groups is 3. The molecule has 3 saturated heterocycles. The van der Waals surface area contributed by atoms with Crippen LogP contribution in [0.1, 0.15) is 103 Å². The summed E-state index contributed by atoms with van der Waals surface area (Å²) in [5, 5.41) is 47.4. The number of aliphatic hydroxyl groups is 1. The van der Waals surface area contributed by atoms with Crippen molar-refractivity contribution in [2.24, 2.45) is 5.73 Å². The van der Waals surface area contributed by atoms with Crippen LogP contribution in [-0.4, -0.2) is 178 Å². The lowest BCUT2D eigenvalue weighted by Crippen LogP contribution is -2.53. The van der Waals surface area contributed by atoms with E-state index in [1.807, 2.05) is 0 Å². The number of nitro groups is 2. The number of phosphoric acid groups is 2. The number of carbonyl (C=O) groups excluding carboxylic acids is 3. The summed E-state index contributed by atoms with van der Waals surface area (Å²) in [7, 11) is -9.51. The van der Waals surface area contributed by atoms with Crippen molar-refractivity contribution in [3.63, 3.8) is 0 Å². The van der Waals surface area contributed by atoms with Gasteiger partial charge in [0.1, 0.15) is 78.1 Å². The Hall–Kier alpha value is -9.99. The lowest BCUT2D eigenvalue weighted by Gasteiger charge is -2.25. The predicted octanol–water partition coefficient (Wildman–Crippen LogP) is -1.24. The first kappa shape index (κ1) is 74.2. The minimum absolute atomic E-state index is 0.0488. The van der Waals surface area contributed by atoms with Crippen LogP contribution in [0.15, 0.2) is 80.5 Å². The van der Waals surface area contributed by atoms with Crippen molar-refractivity contribution >= 4 is 61.6 Å². The monoisotopic (exact) mass is 1470 g/mol. The number of aliphatic hydroxyl groups excluding tert-OH is 1. The second-order valence-electron chi connectivity index (χ2n) is 23.8. The van der Waals surface area contributed by atoms with Crippen molar-refractivity contribution in [1.29, 1.82) is 0 Å². The molecule has 15 unspecified atom stereocenters. The van der Waals surface area contributed by atoms with Gasteiger partial charge >= 0.3 is 27.0 Å². The zero-order chi connectivity index (χ0) is 73.8. The Morgan fingerprint density at radius 2 is 1.26 bits per heavy atom. The predicted molar refractivity (Wildman–Crippen MR) is 351 cm³/mol. The Balaban J connectivity index is 0.991. The maximum absolute atomic E-state index is 14.1. The fourth-order valence-electron chi connectivity index (χ4n) is 11.9. The fraction of sp³-hybridized carbons (Fsp3) is 0.426. The third kappa shape index (κ3) is 17.2. The molecule has 0 aliphatic carbocycles. The molecule has 3 amide bonds. The van der Waals surface area contributed by atoms with Gasteiger partial charge in [-0.15, -0.1) is 0 Å². The van der Waals surface area contributed by atoms with Crippen LogP contribution in [0.25, 0.3) is 11.0 Å². The molecule has 13 N–H and O–H groups in total. The second-order valence-corrected chi connectivity index (χ2v) is 26.6.